The zero-order valence-electron chi connectivity index (χ0n) is 14.0. The van der Waals surface area contributed by atoms with Crippen molar-refractivity contribution in [3.05, 3.63) is 41.3 Å². The van der Waals surface area contributed by atoms with Crippen LogP contribution in [0.2, 0.25) is 0 Å². The van der Waals surface area contributed by atoms with Crippen molar-refractivity contribution in [3.63, 3.8) is 0 Å². The maximum Gasteiger partial charge on any atom is 0.237 e. The van der Waals surface area contributed by atoms with E-state index in [0.29, 0.717) is 22.4 Å². The molecule has 1 aliphatic rings. The van der Waals surface area contributed by atoms with E-state index in [4.69, 9.17) is 4.52 Å². The number of carbonyl (C=O) groups is 1. The van der Waals surface area contributed by atoms with Gasteiger partial charge in [-0.25, -0.2) is 4.39 Å². The number of nitrogens with zero attached hydrogens (tertiary/aromatic N) is 3. The minimum atomic E-state index is -0.506. The lowest BCUT2D eigenvalue weighted by Crippen LogP contribution is -2.44. The smallest absolute Gasteiger partial charge is 0.237 e. The molecular weight excluding hydrogens is 367 g/mol. The number of nitrogens with one attached hydrogen (secondary N) is 1. The molecule has 1 aromatic heterocycles. The number of hydrogen-bond donors (Lipinski definition) is 1. The van der Waals surface area contributed by atoms with E-state index in [2.05, 4.69) is 20.4 Å². The van der Waals surface area contributed by atoms with Crippen molar-refractivity contribution in [1.82, 2.24) is 20.4 Å². The lowest BCUT2D eigenvalue weighted by Gasteiger charge is -2.30. The fourth-order valence-electron chi connectivity index (χ4n) is 2.57. The summed E-state index contributed by atoms with van der Waals surface area (Å²) in [7, 11) is 2.04. The summed E-state index contributed by atoms with van der Waals surface area (Å²) >= 11 is 1.39. The molecule has 1 saturated heterocycles. The van der Waals surface area contributed by atoms with Gasteiger partial charge in [0.05, 0.1) is 17.4 Å². The van der Waals surface area contributed by atoms with E-state index in [1.165, 1.54) is 30.8 Å². The highest BCUT2D eigenvalue weighted by Crippen LogP contribution is 2.25. The number of thioether (sulfide) groups is 1. The number of halogens is 2. The third-order valence-corrected chi connectivity index (χ3v) is 4.95. The van der Waals surface area contributed by atoms with Crippen LogP contribution in [0.4, 0.5) is 4.39 Å². The number of Topliss-reactive ketones (excluding diaryl/α,β-unsaturated/α-hetero) is 1. The minimum absolute atomic E-state index is 0. The third kappa shape index (κ3) is 4.78. The van der Waals surface area contributed by atoms with E-state index in [0.717, 1.165) is 19.6 Å². The van der Waals surface area contributed by atoms with E-state index >= 15 is 0 Å². The molecule has 0 radical (unpaired) electrons. The van der Waals surface area contributed by atoms with E-state index in [9.17, 15) is 9.18 Å². The quantitative estimate of drug-likeness (QED) is 0.625. The number of rotatable bonds is 5. The lowest BCUT2D eigenvalue weighted by atomic mass is 10.1. The largest absolute Gasteiger partial charge is 0.338 e. The van der Waals surface area contributed by atoms with Gasteiger partial charge in [-0.3, -0.25) is 9.69 Å². The topological polar surface area (TPSA) is 71.3 Å². The van der Waals surface area contributed by atoms with Crippen LogP contribution in [0.1, 0.15) is 35.0 Å². The molecule has 9 heteroatoms. The SMILES string of the molecule is CC(=O)c1ccc(SCc2nc(C3CNCCN3C)no2)cc1F.Cl. The Morgan fingerprint density at radius 2 is 2.32 bits per heavy atom. The minimum Gasteiger partial charge on any atom is -0.338 e. The molecule has 6 nitrogen and oxygen atoms in total. The summed E-state index contributed by atoms with van der Waals surface area (Å²) in [6, 6.07) is 4.69. The molecule has 0 amide bonds. The second-order valence-electron chi connectivity index (χ2n) is 5.73. The second-order valence-corrected chi connectivity index (χ2v) is 6.78. The maximum atomic E-state index is 13.8. The number of carbonyl (C=O) groups excluding carboxylic acids is 1. The molecule has 25 heavy (non-hydrogen) atoms. The summed E-state index contributed by atoms with van der Waals surface area (Å²) in [5.74, 6) is 0.836. The number of benzene rings is 1. The van der Waals surface area contributed by atoms with E-state index in [-0.39, 0.29) is 29.8 Å². The monoisotopic (exact) mass is 386 g/mol. The van der Waals surface area contributed by atoms with Crippen molar-refractivity contribution in [2.75, 3.05) is 26.7 Å². The highest BCUT2D eigenvalue weighted by Gasteiger charge is 2.25. The molecule has 0 spiro atoms. The van der Waals surface area contributed by atoms with Gasteiger partial charge in [-0.05, 0) is 32.2 Å². The van der Waals surface area contributed by atoms with Gasteiger partial charge in [0.1, 0.15) is 5.82 Å². The fourth-order valence-corrected chi connectivity index (χ4v) is 3.33. The number of aromatic nitrogens is 2. The van der Waals surface area contributed by atoms with Crippen LogP contribution in [-0.2, 0) is 5.75 Å². The standard InChI is InChI=1S/C16H19FN4O2S.ClH/c1-10(22)12-4-3-11(7-13(12)17)24-9-15-19-16(20-23-15)14-8-18-5-6-21(14)2;/h3-4,7,14,18H,5-6,8-9H2,1-2H3;1H. The zero-order chi connectivity index (χ0) is 17.1. The molecule has 1 atom stereocenters. The molecule has 0 saturated carbocycles. The predicted molar refractivity (Wildman–Crippen MR) is 95.8 cm³/mol. The number of hydrogen-bond acceptors (Lipinski definition) is 7. The van der Waals surface area contributed by atoms with Crippen LogP contribution in [0.25, 0.3) is 0 Å². The summed E-state index contributed by atoms with van der Waals surface area (Å²) in [5, 5.41) is 7.37. The molecular formula is C16H20ClFN4O2S. The van der Waals surface area contributed by atoms with Crippen LogP contribution >= 0.6 is 24.2 Å². The van der Waals surface area contributed by atoms with Crippen LogP contribution < -0.4 is 5.32 Å². The highest BCUT2D eigenvalue weighted by atomic mass is 35.5. The van der Waals surface area contributed by atoms with Gasteiger partial charge in [0, 0.05) is 24.5 Å². The van der Waals surface area contributed by atoms with E-state index < -0.39 is 5.82 Å². The maximum absolute atomic E-state index is 13.8. The zero-order valence-corrected chi connectivity index (χ0v) is 15.6. The Labute approximate surface area is 156 Å². The lowest BCUT2D eigenvalue weighted by molar-refractivity contribution is 0.101. The van der Waals surface area contributed by atoms with Gasteiger partial charge in [-0.1, -0.05) is 5.16 Å². The van der Waals surface area contributed by atoms with Crippen LogP contribution in [0, 0.1) is 5.82 Å². The van der Waals surface area contributed by atoms with E-state index in [1.54, 1.807) is 6.07 Å². The predicted octanol–water partition coefficient (Wildman–Crippen LogP) is 2.70. The highest BCUT2D eigenvalue weighted by molar-refractivity contribution is 7.98. The molecule has 136 valence electrons. The molecule has 2 heterocycles. The Morgan fingerprint density at radius 1 is 1.52 bits per heavy atom. The molecule has 3 rings (SSSR count). The third-order valence-electron chi connectivity index (χ3n) is 3.98. The van der Waals surface area contributed by atoms with Crippen molar-refractivity contribution in [2.45, 2.75) is 23.6 Å². The first-order chi connectivity index (χ1) is 11.5. The second kappa shape index (κ2) is 8.75. The van der Waals surface area contributed by atoms with Crippen molar-refractivity contribution < 1.29 is 13.7 Å². The molecule has 1 fully saturated rings. The normalized spacial score (nSPS) is 18.0. The number of piperazine rings is 1. The van der Waals surface area contributed by atoms with Crippen LogP contribution in [-0.4, -0.2) is 47.5 Å². The Bertz CT molecular complexity index is 743. The van der Waals surface area contributed by atoms with Crippen molar-refractivity contribution >= 4 is 30.0 Å². The van der Waals surface area contributed by atoms with E-state index in [1.807, 2.05) is 7.05 Å². The molecule has 1 unspecified atom stereocenters. The van der Waals surface area contributed by atoms with Gasteiger partial charge < -0.3 is 9.84 Å². The van der Waals surface area contributed by atoms with Gasteiger partial charge >= 0.3 is 0 Å². The number of ketones is 1. The van der Waals surface area contributed by atoms with Gasteiger partial charge in [0.25, 0.3) is 0 Å². The first kappa shape index (κ1) is 19.8. The van der Waals surface area contributed by atoms with Crippen molar-refractivity contribution in [3.8, 4) is 0 Å². The molecule has 0 bridgehead atoms. The Kier molecular flexibility index (Phi) is 6.95. The van der Waals surface area contributed by atoms with Crippen molar-refractivity contribution in [2.24, 2.45) is 0 Å². The summed E-state index contributed by atoms with van der Waals surface area (Å²) in [6.07, 6.45) is 0. The summed E-state index contributed by atoms with van der Waals surface area (Å²) in [6.45, 7) is 4.03. The Morgan fingerprint density at radius 3 is 3.00 bits per heavy atom. The fraction of sp³-hybridized carbons (Fsp3) is 0.438. The van der Waals surface area contributed by atoms with Crippen LogP contribution in [0.5, 0.6) is 0 Å². The average Bonchev–Trinajstić information content (AvgIpc) is 3.02. The van der Waals surface area contributed by atoms with Crippen LogP contribution in [0.15, 0.2) is 27.6 Å². The Balaban J connectivity index is 0.00000225. The first-order valence-corrected chi connectivity index (χ1v) is 8.70. The summed E-state index contributed by atoms with van der Waals surface area (Å²) in [4.78, 5) is 18.6. The molecule has 1 aliphatic heterocycles. The van der Waals surface area contributed by atoms with Crippen LogP contribution in [0.3, 0.4) is 0 Å². The summed E-state index contributed by atoms with van der Waals surface area (Å²) in [5.41, 5.74) is 0.104. The molecule has 2 aromatic rings. The van der Waals surface area contributed by atoms with Crippen molar-refractivity contribution in [1.29, 1.82) is 0 Å². The number of likely N-dealkylation sites (N-methyl/N-ethyl adjacent to an activating group) is 1. The first-order valence-electron chi connectivity index (χ1n) is 7.71. The Hall–Kier alpha value is -1.48. The van der Waals surface area contributed by atoms with Gasteiger partial charge in [-0.2, -0.15) is 4.98 Å². The van der Waals surface area contributed by atoms with Gasteiger partial charge in [-0.15, -0.1) is 24.2 Å². The molecule has 1 N–H and O–H groups in total. The average molecular weight is 387 g/mol. The molecule has 1 aromatic carbocycles. The summed E-state index contributed by atoms with van der Waals surface area (Å²) < 4.78 is 19.1. The van der Waals surface area contributed by atoms with Gasteiger partial charge in [0.15, 0.2) is 11.6 Å². The molecule has 0 aliphatic carbocycles. The van der Waals surface area contributed by atoms with Gasteiger partial charge in [0.2, 0.25) is 5.89 Å².